The van der Waals surface area contributed by atoms with Gasteiger partial charge in [-0.3, -0.25) is 0 Å². The summed E-state index contributed by atoms with van der Waals surface area (Å²) in [6.07, 6.45) is 0. The van der Waals surface area contributed by atoms with Crippen molar-refractivity contribution in [2.75, 3.05) is 0 Å². The summed E-state index contributed by atoms with van der Waals surface area (Å²) in [5.74, 6) is 0. The molecule has 0 unspecified atom stereocenters. The largest absolute Gasteiger partial charge is 0.854 e. The van der Waals surface area contributed by atoms with Gasteiger partial charge in [0.1, 0.15) is 0 Å². The van der Waals surface area contributed by atoms with E-state index in [2.05, 4.69) is 0 Å². The van der Waals surface area contributed by atoms with Crippen LogP contribution < -0.4 is 169 Å². The number of hydrogen-bond acceptors (Lipinski definition) is 3. The molecule has 0 radical (unpaired) electrons. The van der Waals surface area contributed by atoms with Crippen molar-refractivity contribution in [1.82, 2.24) is 0 Å². The van der Waals surface area contributed by atoms with E-state index in [1.165, 1.54) is 0 Å². The van der Waals surface area contributed by atoms with Gasteiger partial charge in [-0.2, -0.15) is 0 Å². The van der Waals surface area contributed by atoms with Crippen LogP contribution in [0.5, 0.6) is 0 Å². The molecule has 0 aliphatic heterocycles. The van der Waals surface area contributed by atoms with Crippen molar-refractivity contribution in [2.24, 2.45) is 0 Å². The maximum atomic E-state index is 8.48. The van der Waals surface area contributed by atoms with E-state index in [-0.39, 0.29) is 243 Å². The van der Waals surface area contributed by atoms with Crippen LogP contribution in [-0.2, 0) is 0 Å². The van der Waals surface area contributed by atoms with Crippen LogP contribution in [0.25, 0.3) is 0 Å². The van der Waals surface area contributed by atoms with E-state index in [1.54, 1.807) is 0 Å². The fraction of sp³-hybridized carbons (Fsp3) is 0. The maximum Gasteiger partial charge on any atom is -0.438 e. The molecule has 10 heavy (non-hydrogen) atoms. The summed E-state index contributed by atoms with van der Waals surface area (Å²) < 4.78 is 0. The van der Waals surface area contributed by atoms with Crippen molar-refractivity contribution in [3.63, 3.8) is 0 Å². The van der Waals surface area contributed by atoms with Crippen LogP contribution in [0.3, 0.4) is 0 Å². The maximum absolute atomic E-state index is 8.48. The van der Waals surface area contributed by atoms with Crippen LogP contribution in [-0.4, -0.2) is 88.7 Å². The summed E-state index contributed by atoms with van der Waals surface area (Å²) in [5, 5.41) is 0. The minimum atomic E-state index is -3.37. The summed E-state index contributed by atoms with van der Waals surface area (Å²) in [6, 6.07) is 0. The van der Waals surface area contributed by atoms with Gasteiger partial charge in [-0.05, 0) is 0 Å². The third kappa shape index (κ3) is 55.6. The summed E-state index contributed by atoms with van der Waals surface area (Å²) >= 11 is 0. The first-order valence-electron chi connectivity index (χ1n) is 0.548. The van der Waals surface area contributed by atoms with Gasteiger partial charge < -0.3 is 23.3 Å². The van der Waals surface area contributed by atoms with Gasteiger partial charge in [0.05, 0.1) is 0 Å². The third-order valence-electron chi connectivity index (χ3n) is 0. The molecule has 3 nitrogen and oxygen atoms in total. The Morgan fingerprint density at radius 2 is 0.600 bits per heavy atom. The molecule has 0 spiro atoms. The van der Waals surface area contributed by atoms with Crippen LogP contribution in [0.4, 0.5) is 0 Å². The Kier molecular flexibility index (Phi) is 154. The molecular weight excluding hydrogens is 265 g/mol. The first kappa shape index (κ1) is 42.9. The molecule has 0 aromatic heterocycles. The summed E-state index contributed by atoms with van der Waals surface area (Å²) in [6.45, 7) is 0. The molecule has 10 heteroatoms. The van der Waals surface area contributed by atoms with Crippen LogP contribution in [0, 0.1) is 0 Å². The summed E-state index contributed by atoms with van der Waals surface area (Å²) in [4.78, 5) is 25.4. The average Bonchev–Trinajstić information content (AvgIpc) is 0.811. The van der Waals surface area contributed by atoms with Crippen LogP contribution in [0.15, 0.2) is 0 Å². The fourth-order valence-electron chi connectivity index (χ4n) is 0. The van der Waals surface area contributed by atoms with Gasteiger partial charge in [0, 0.05) is 0 Å². The van der Waals surface area contributed by atoms with E-state index >= 15 is 0 Å². The molecule has 32 valence electrons. The van der Waals surface area contributed by atoms with Crippen molar-refractivity contribution in [3.8, 4) is 0 Å². The Bertz CT molecular complexity index is 23.7. The minimum absolute atomic E-state index is 0. The molecule has 0 aromatic rings. The molecule has 0 atom stereocenters. The van der Waals surface area contributed by atoms with E-state index in [9.17, 15) is 0 Å². The topological polar surface area (TPSA) is 69.2 Å². The summed E-state index contributed by atoms with van der Waals surface area (Å²) in [5.41, 5.74) is 0. The minimum Gasteiger partial charge on any atom is -0.854 e. The van der Waals surface area contributed by atoms with Crippen molar-refractivity contribution in [2.45, 2.75) is 0 Å². The normalized spacial score (nSPS) is 3.60. The first-order valence-corrected chi connectivity index (χ1v) is 1.64. The Labute approximate surface area is 257 Å². The zero-order chi connectivity index (χ0) is 3.58. The molecule has 0 saturated heterocycles. The number of rotatable bonds is 0. The second-order valence-corrected chi connectivity index (χ2v) is 0.671. The molecular formula is H3K3Na3O3P. The van der Waals surface area contributed by atoms with Gasteiger partial charge in [-0.25, -0.2) is 0 Å². The van der Waals surface area contributed by atoms with Crippen molar-refractivity contribution in [1.29, 1.82) is 0 Å². The van der Waals surface area contributed by atoms with E-state index in [0.29, 0.717) is 0 Å². The quantitative estimate of drug-likeness (QED) is 0.324. The third-order valence-corrected chi connectivity index (χ3v) is 0. The Morgan fingerprint density at radius 3 is 0.600 bits per heavy atom. The number of hydrogen-bond donors (Lipinski definition) is 0. The molecule has 0 bridgehead atoms. The van der Waals surface area contributed by atoms with Gasteiger partial charge in [-0.15, -0.1) is 0 Å². The van der Waals surface area contributed by atoms with E-state index in [0.717, 1.165) is 0 Å². The van der Waals surface area contributed by atoms with Crippen molar-refractivity contribution in [3.05, 3.63) is 0 Å². The van der Waals surface area contributed by atoms with Gasteiger partial charge in [-0.1, -0.05) is 0 Å². The van der Waals surface area contributed by atoms with Gasteiger partial charge >= 0.3 is 243 Å². The second-order valence-electron chi connectivity index (χ2n) is 0.224. The molecule has 0 aliphatic rings. The van der Waals surface area contributed by atoms with Gasteiger partial charge in [0.15, 0.2) is 0 Å². The molecule has 0 aromatic carbocycles. The standard InChI is InChI=1S/3K.3Na.O3P.3H/c;;;;;;1-4(2)3;;;/q3*+1;;;;-3;;;. The molecule has 0 fully saturated rings. The van der Waals surface area contributed by atoms with E-state index < -0.39 is 8.60 Å². The Morgan fingerprint density at radius 1 is 0.600 bits per heavy atom. The van der Waals surface area contributed by atoms with E-state index in [4.69, 9.17) is 14.7 Å². The van der Waals surface area contributed by atoms with Gasteiger partial charge in [0.25, 0.3) is 0 Å². The average molecular weight is 268 g/mol. The molecule has 0 saturated carbocycles. The smallest absolute Gasteiger partial charge is 0.438 e. The van der Waals surface area contributed by atoms with Crippen molar-refractivity contribution >= 4 is 97.3 Å². The van der Waals surface area contributed by atoms with E-state index in [1.807, 2.05) is 0 Å². The monoisotopic (exact) mass is 268 g/mol. The Hall–Kier alpha value is 8.22. The zero-order valence-electron chi connectivity index (χ0n) is 4.67. The van der Waals surface area contributed by atoms with Gasteiger partial charge in [0.2, 0.25) is 0 Å². The zero-order valence-corrected chi connectivity index (χ0v) is 14.9. The van der Waals surface area contributed by atoms with Crippen LogP contribution in [0.2, 0.25) is 0 Å². The SMILES string of the molecule is [K+].[K+].[K+].[NaH].[NaH].[NaH].[O-]P([O-])[O-]. The van der Waals surface area contributed by atoms with Crippen LogP contribution in [0.1, 0.15) is 0 Å². The predicted octanol–water partition coefficient (Wildman–Crippen LogP) is -13.6. The summed E-state index contributed by atoms with van der Waals surface area (Å²) in [7, 11) is -3.37. The molecule has 0 rings (SSSR count). The van der Waals surface area contributed by atoms with Crippen molar-refractivity contribution < 1.29 is 169 Å². The molecule has 0 aliphatic carbocycles. The molecule has 0 N–H and O–H groups in total. The fourth-order valence-corrected chi connectivity index (χ4v) is 0. The molecule has 0 heterocycles. The predicted molar refractivity (Wildman–Crippen MR) is 28.4 cm³/mol. The molecule has 0 amide bonds. The Balaban J connectivity index is -0.00000000300. The second kappa shape index (κ2) is 36.0. The van der Waals surface area contributed by atoms with Crippen LogP contribution >= 0.6 is 8.60 Å². The first-order chi connectivity index (χ1) is 1.73.